The van der Waals surface area contributed by atoms with E-state index in [1.54, 1.807) is 0 Å². The predicted octanol–water partition coefficient (Wildman–Crippen LogP) is 6.60. The summed E-state index contributed by atoms with van der Waals surface area (Å²) in [5, 5.41) is 0. The minimum Gasteiger partial charge on any atom is -0.0885 e. The van der Waals surface area contributed by atoms with Gasteiger partial charge >= 0.3 is 0 Å². The van der Waals surface area contributed by atoms with E-state index >= 15 is 0 Å². The summed E-state index contributed by atoms with van der Waals surface area (Å²) in [5.74, 6) is 0. The third kappa shape index (κ3) is 15.2. The van der Waals surface area contributed by atoms with Crippen molar-refractivity contribution in [3.8, 4) is 0 Å². The zero-order valence-electron chi connectivity index (χ0n) is 12.5. The Kier molecular flexibility index (Phi) is 15.5. The van der Waals surface area contributed by atoms with E-state index in [0.717, 1.165) is 6.42 Å². The molecule has 0 heterocycles. The molecular formula is C18H32. The fraction of sp³-hybridized carbons (Fsp3) is 0.667. The maximum absolute atomic E-state index is 2.37. The second kappa shape index (κ2) is 16.2. The molecule has 0 heteroatoms. The highest BCUT2D eigenvalue weighted by Crippen LogP contribution is 2.06. The lowest BCUT2D eigenvalue weighted by molar-refractivity contribution is 0.692. The lowest BCUT2D eigenvalue weighted by Gasteiger charge is -1.95. The lowest BCUT2D eigenvalue weighted by Crippen LogP contribution is -1.75. The van der Waals surface area contributed by atoms with E-state index in [1.807, 2.05) is 0 Å². The van der Waals surface area contributed by atoms with Gasteiger partial charge in [0.2, 0.25) is 0 Å². The summed E-state index contributed by atoms with van der Waals surface area (Å²) in [5.41, 5.74) is 0. The Hall–Kier alpha value is -0.780. The van der Waals surface area contributed by atoms with Gasteiger partial charge in [0.05, 0.1) is 0 Å². The summed E-state index contributed by atoms with van der Waals surface area (Å²) in [6.07, 6.45) is 26.6. The molecule has 0 nitrogen and oxygen atoms in total. The van der Waals surface area contributed by atoms with Gasteiger partial charge in [-0.15, -0.1) is 0 Å². The fourth-order valence-electron chi connectivity index (χ4n) is 1.84. The van der Waals surface area contributed by atoms with Gasteiger partial charge in [-0.25, -0.2) is 0 Å². The number of unbranched alkanes of at least 4 members (excludes halogenated alkanes) is 7. The Morgan fingerprint density at radius 2 is 1.11 bits per heavy atom. The molecule has 0 spiro atoms. The Balaban J connectivity index is 3.15. The minimum atomic E-state index is 1.13. The van der Waals surface area contributed by atoms with Crippen LogP contribution in [0.5, 0.6) is 0 Å². The van der Waals surface area contributed by atoms with E-state index in [4.69, 9.17) is 0 Å². The summed E-state index contributed by atoms with van der Waals surface area (Å²) in [4.78, 5) is 0. The first-order valence-corrected chi connectivity index (χ1v) is 7.88. The van der Waals surface area contributed by atoms with Crippen molar-refractivity contribution in [3.05, 3.63) is 36.5 Å². The van der Waals surface area contributed by atoms with Gasteiger partial charge in [0.1, 0.15) is 0 Å². The molecule has 0 unspecified atom stereocenters. The standard InChI is InChI=1S/C18H32/c1-3-5-7-9-11-13-15-17-18-16-14-12-10-8-6-4-2/h5,7,9,11-12,14H,3-4,6,8,10,13,15-18H2,1-2H3/b7-5+,11-9+,14-12+. The highest BCUT2D eigenvalue weighted by atomic mass is 13.9. The van der Waals surface area contributed by atoms with Crippen LogP contribution in [0.15, 0.2) is 36.5 Å². The van der Waals surface area contributed by atoms with Crippen molar-refractivity contribution < 1.29 is 0 Å². The van der Waals surface area contributed by atoms with Gasteiger partial charge in [-0.3, -0.25) is 0 Å². The van der Waals surface area contributed by atoms with Gasteiger partial charge in [-0.1, -0.05) is 69.6 Å². The SMILES string of the molecule is CC/C=C/C=C/CCCCC/C=C/CCCCC. The molecule has 0 aliphatic carbocycles. The molecule has 0 rings (SSSR count). The molecule has 0 saturated carbocycles. The molecule has 0 aromatic rings. The average Bonchev–Trinajstić information content (AvgIpc) is 2.39. The zero-order valence-corrected chi connectivity index (χ0v) is 12.5. The van der Waals surface area contributed by atoms with Crippen LogP contribution in [0.2, 0.25) is 0 Å². The molecule has 0 amide bonds. The Morgan fingerprint density at radius 1 is 0.556 bits per heavy atom. The summed E-state index contributed by atoms with van der Waals surface area (Å²) >= 11 is 0. The second-order valence-electron chi connectivity index (χ2n) is 4.87. The Bertz CT molecular complexity index is 220. The van der Waals surface area contributed by atoms with E-state index in [0.29, 0.717) is 0 Å². The molecule has 104 valence electrons. The van der Waals surface area contributed by atoms with Crippen LogP contribution in [0.1, 0.15) is 78.1 Å². The highest BCUT2D eigenvalue weighted by Gasteiger charge is 1.86. The summed E-state index contributed by atoms with van der Waals surface area (Å²) in [6, 6.07) is 0. The molecule has 0 aromatic carbocycles. The normalized spacial score (nSPS) is 12.3. The van der Waals surface area contributed by atoms with Crippen LogP contribution in [0.3, 0.4) is 0 Å². The molecule has 0 atom stereocenters. The second-order valence-corrected chi connectivity index (χ2v) is 4.87. The van der Waals surface area contributed by atoms with Crippen LogP contribution in [-0.2, 0) is 0 Å². The molecule has 0 aromatic heterocycles. The molecule has 0 saturated heterocycles. The fourth-order valence-corrected chi connectivity index (χ4v) is 1.84. The van der Waals surface area contributed by atoms with Crippen molar-refractivity contribution in [2.24, 2.45) is 0 Å². The van der Waals surface area contributed by atoms with Gasteiger partial charge in [0, 0.05) is 0 Å². The van der Waals surface area contributed by atoms with E-state index < -0.39 is 0 Å². The first-order chi connectivity index (χ1) is 8.91. The van der Waals surface area contributed by atoms with Crippen LogP contribution < -0.4 is 0 Å². The maximum atomic E-state index is 2.37. The van der Waals surface area contributed by atoms with E-state index in [2.05, 4.69) is 50.3 Å². The topological polar surface area (TPSA) is 0 Å². The van der Waals surface area contributed by atoms with Gasteiger partial charge in [-0.05, 0) is 44.9 Å². The van der Waals surface area contributed by atoms with Crippen molar-refractivity contribution >= 4 is 0 Å². The van der Waals surface area contributed by atoms with Crippen LogP contribution >= 0.6 is 0 Å². The molecule has 18 heavy (non-hydrogen) atoms. The zero-order chi connectivity index (χ0) is 13.3. The van der Waals surface area contributed by atoms with Crippen LogP contribution in [-0.4, -0.2) is 0 Å². The Morgan fingerprint density at radius 3 is 1.72 bits per heavy atom. The van der Waals surface area contributed by atoms with Crippen molar-refractivity contribution in [1.29, 1.82) is 0 Å². The number of allylic oxidation sites excluding steroid dienone is 6. The molecule has 0 aliphatic heterocycles. The summed E-state index contributed by atoms with van der Waals surface area (Å²) in [7, 11) is 0. The highest BCUT2D eigenvalue weighted by molar-refractivity contribution is 5.01. The molecule has 0 radical (unpaired) electrons. The summed E-state index contributed by atoms with van der Waals surface area (Å²) < 4.78 is 0. The quantitative estimate of drug-likeness (QED) is 0.207. The first kappa shape index (κ1) is 17.2. The van der Waals surface area contributed by atoms with E-state index in [9.17, 15) is 0 Å². The third-order valence-corrected chi connectivity index (χ3v) is 3.00. The molecular weight excluding hydrogens is 216 g/mol. The van der Waals surface area contributed by atoms with Gasteiger partial charge < -0.3 is 0 Å². The van der Waals surface area contributed by atoms with Crippen molar-refractivity contribution in [1.82, 2.24) is 0 Å². The smallest absolute Gasteiger partial charge is 0.0348 e. The van der Waals surface area contributed by atoms with E-state index in [1.165, 1.54) is 57.8 Å². The van der Waals surface area contributed by atoms with Gasteiger partial charge in [-0.2, -0.15) is 0 Å². The van der Waals surface area contributed by atoms with Gasteiger partial charge in [0.15, 0.2) is 0 Å². The number of rotatable bonds is 12. The first-order valence-electron chi connectivity index (χ1n) is 7.88. The van der Waals surface area contributed by atoms with Crippen molar-refractivity contribution in [2.75, 3.05) is 0 Å². The Labute approximate surface area is 115 Å². The lowest BCUT2D eigenvalue weighted by atomic mass is 10.1. The van der Waals surface area contributed by atoms with Crippen molar-refractivity contribution in [2.45, 2.75) is 78.1 Å². The molecule has 0 N–H and O–H groups in total. The molecule has 0 aliphatic rings. The van der Waals surface area contributed by atoms with Crippen LogP contribution in [0, 0.1) is 0 Å². The summed E-state index contributed by atoms with van der Waals surface area (Å²) in [6.45, 7) is 4.43. The molecule has 0 fully saturated rings. The number of hydrogen-bond donors (Lipinski definition) is 0. The minimum absolute atomic E-state index is 1.13. The molecule has 0 bridgehead atoms. The third-order valence-electron chi connectivity index (χ3n) is 3.00. The average molecular weight is 248 g/mol. The van der Waals surface area contributed by atoms with Crippen LogP contribution in [0.4, 0.5) is 0 Å². The largest absolute Gasteiger partial charge is 0.0885 e. The predicted molar refractivity (Wildman–Crippen MR) is 84.9 cm³/mol. The maximum Gasteiger partial charge on any atom is -0.0348 e. The van der Waals surface area contributed by atoms with Crippen molar-refractivity contribution in [3.63, 3.8) is 0 Å². The monoisotopic (exact) mass is 248 g/mol. The number of hydrogen-bond acceptors (Lipinski definition) is 0. The van der Waals surface area contributed by atoms with Crippen LogP contribution in [0.25, 0.3) is 0 Å². The van der Waals surface area contributed by atoms with E-state index in [-0.39, 0.29) is 0 Å². The van der Waals surface area contributed by atoms with Gasteiger partial charge in [0.25, 0.3) is 0 Å².